The van der Waals surface area contributed by atoms with E-state index >= 15 is 0 Å². The van der Waals surface area contributed by atoms with Gasteiger partial charge in [-0.3, -0.25) is 9.59 Å². The van der Waals surface area contributed by atoms with E-state index in [9.17, 15) is 9.59 Å². The summed E-state index contributed by atoms with van der Waals surface area (Å²) in [5.41, 5.74) is 2.11. The summed E-state index contributed by atoms with van der Waals surface area (Å²) in [5.74, 6) is 1.10. The second-order valence-corrected chi connectivity index (χ2v) is 9.87. The van der Waals surface area contributed by atoms with Crippen LogP contribution in [0.1, 0.15) is 84.4 Å². The third-order valence-corrected chi connectivity index (χ3v) is 5.72. The van der Waals surface area contributed by atoms with Crippen molar-refractivity contribution in [1.29, 1.82) is 0 Å². The van der Waals surface area contributed by atoms with E-state index in [-0.39, 0.29) is 29.2 Å². The van der Waals surface area contributed by atoms with Crippen LogP contribution in [0.5, 0.6) is 0 Å². The number of hydrogen-bond acceptors (Lipinski definition) is 2. The van der Waals surface area contributed by atoms with E-state index in [1.807, 2.05) is 25.7 Å². The summed E-state index contributed by atoms with van der Waals surface area (Å²) in [6.45, 7) is 15.9. The number of carbonyl (C=O) groups excluding carboxylic acids is 2. The SMILES string of the molecule is CC(C)c1ccc(C(NC(=O)C2CCN(C(=O)C(C)(C)C)CC2)C(C)C)cc1. The van der Waals surface area contributed by atoms with Crippen LogP contribution in [0.15, 0.2) is 24.3 Å². The molecule has 1 fully saturated rings. The van der Waals surface area contributed by atoms with Gasteiger partial charge in [-0.25, -0.2) is 0 Å². The predicted molar refractivity (Wildman–Crippen MR) is 115 cm³/mol. The molecule has 1 aliphatic heterocycles. The Bertz CT molecular complexity index is 663. The second-order valence-electron chi connectivity index (χ2n) is 9.87. The lowest BCUT2D eigenvalue weighted by Crippen LogP contribution is -2.47. The van der Waals surface area contributed by atoms with E-state index in [1.165, 1.54) is 5.56 Å². The van der Waals surface area contributed by atoms with Gasteiger partial charge in [0, 0.05) is 24.4 Å². The number of nitrogens with one attached hydrogen (secondary N) is 1. The minimum absolute atomic E-state index is 0.0137. The predicted octanol–water partition coefficient (Wildman–Crippen LogP) is 4.91. The standard InChI is InChI=1S/C24H38N2O2/c1-16(2)18-8-10-19(11-9-18)21(17(3)4)25-22(27)20-12-14-26(15-13-20)23(28)24(5,6)7/h8-11,16-17,20-21H,12-15H2,1-7H3,(H,25,27). The summed E-state index contributed by atoms with van der Waals surface area (Å²) >= 11 is 0. The number of piperidine rings is 1. The van der Waals surface area contributed by atoms with Gasteiger partial charge in [0.05, 0.1) is 6.04 Å². The van der Waals surface area contributed by atoms with Crippen molar-refractivity contribution >= 4 is 11.8 Å². The Balaban J connectivity index is 1.99. The number of likely N-dealkylation sites (tertiary alicyclic amines) is 1. The Kier molecular flexibility index (Phi) is 7.30. The van der Waals surface area contributed by atoms with Gasteiger partial charge in [-0.15, -0.1) is 0 Å². The van der Waals surface area contributed by atoms with E-state index in [0.29, 0.717) is 24.9 Å². The molecule has 0 aliphatic carbocycles. The van der Waals surface area contributed by atoms with Crippen molar-refractivity contribution < 1.29 is 9.59 Å². The molecule has 4 heteroatoms. The van der Waals surface area contributed by atoms with Crippen molar-refractivity contribution in [3.63, 3.8) is 0 Å². The van der Waals surface area contributed by atoms with Gasteiger partial charge in [0.1, 0.15) is 0 Å². The monoisotopic (exact) mass is 386 g/mol. The summed E-state index contributed by atoms with van der Waals surface area (Å²) in [4.78, 5) is 27.3. The maximum absolute atomic E-state index is 12.9. The lowest BCUT2D eigenvalue weighted by molar-refractivity contribution is -0.142. The summed E-state index contributed by atoms with van der Waals surface area (Å²) in [5, 5.41) is 3.28. The summed E-state index contributed by atoms with van der Waals surface area (Å²) in [7, 11) is 0. The maximum Gasteiger partial charge on any atom is 0.227 e. The molecule has 1 saturated heterocycles. The van der Waals surface area contributed by atoms with Crippen LogP contribution < -0.4 is 5.32 Å². The zero-order valence-corrected chi connectivity index (χ0v) is 18.7. The van der Waals surface area contributed by atoms with Gasteiger partial charge in [0.2, 0.25) is 11.8 Å². The Labute approximate surface area is 171 Å². The van der Waals surface area contributed by atoms with E-state index in [4.69, 9.17) is 0 Å². The van der Waals surface area contributed by atoms with E-state index in [1.54, 1.807) is 0 Å². The summed E-state index contributed by atoms with van der Waals surface area (Å²) in [6, 6.07) is 8.63. The molecular formula is C24H38N2O2. The molecule has 1 aliphatic rings. The number of rotatable bonds is 5. The smallest absolute Gasteiger partial charge is 0.227 e. The minimum atomic E-state index is -0.361. The summed E-state index contributed by atoms with van der Waals surface area (Å²) < 4.78 is 0. The molecule has 156 valence electrons. The van der Waals surface area contributed by atoms with Crippen molar-refractivity contribution in [3.05, 3.63) is 35.4 Å². The molecule has 1 N–H and O–H groups in total. The number of nitrogens with zero attached hydrogens (tertiary/aromatic N) is 1. The van der Waals surface area contributed by atoms with Crippen LogP contribution in [0.2, 0.25) is 0 Å². The Morgan fingerprint density at radius 3 is 1.89 bits per heavy atom. The zero-order chi connectivity index (χ0) is 21.1. The van der Waals surface area contributed by atoms with E-state index in [0.717, 1.165) is 18.4 Å². The van der Waals surface area contributed by atoms with Crippen molar-refractivity contribution in [2.24, 2.45) is 17.3 Å². The first-order valence-electron chi connectivity index (χ1n) is 10.7. The molecule has 0 saturated carbocycles. The van der Waals surface area contributed by atoms with Gasteiger partial charge >= 0.3 is 0 Å². The van der Waals surface area contributed by atoms with Gasteiger partial charge in [-0.1, -0.05) is 72.7 Å². The molecule has 0 aromatic heterocycles. The average molecular weight is 387 g/mol. The second kappa shape index (κ2) is 9.11. The molecule has 2 amide bonds. The van der Waals surface area contributed by atoms with Crippen LogP contribution >= 0.6 is 0 Å². The highest BCUT2D eigenvalue weighted by Crippen LogP contribution is 2.27. The van der Waals surface area contributed by atoms with Crippen LogP contribution in [0.3, 0.4) is 0 Å². The van der Waals surface area contributed by atoms with Crippen LogP contribution in [-0.2, 0) is 9.59 Å². The summed E-state index contributed by atoms with van der Waals surface area (Å²) in [6.07, 6.45) is 1.48. The van der Waals surface area contributed by atoms with Gasteiger partial charge in [-0.2, -0.15) is 0 Å². The largest absolute Gasteiger partial charge is 0.349 e. The highest BCUT2D eigenvalue weighted by molar-refractivity contribution is 5.83. The third kappa shape index (κ3) is 5.59. The fourth-order valence-corrected chi connectivity index (χ4v) is 3.81. The number of carbonyl (C=O) groups is 2. The molecule has 2 rings (SSSR count). The topological polar surface area (TPSA) is 49.4 Å². The fourth-order valence-electron chi connectivity index (χ4n) is 3.81. The molecule has 0 radical (unpaired) electrons. The third-order valence-electron chi connectivity index (χ3n) is 5.72. The molecule has 0 bridgehead atoms. The molecule has 28 heavy (non-hydrogen) atoms. The fraction of sp³-hybridized carbons (Fsp3) is 0.667. The van der Waals surface area contributed by atoms with Crippen molar-refractivity contribution in [1.82, 2.24) is 10.2 Å². The first kappa shape index (κ1) is 22.4. The van der Waals surface area contributed by atoms with Crippen molar-refractivity contribution in [2.45, 2.75) is 73.3 Å². The van der Waals surface area contributed by atoms with Gasteiger partial charge in [-0.05, 0) is 35.8 Å². The highest BCUT2D eigenvalue weighted by atomic mass is 16.2. The zero-order valence-electron chi connectivity index (χ0n) is 18.7. The molecule has 1 atom stereocenters. The van der Waals surface area contributed by atoms with Crippen molar-refractivity contribution in [3.8, 4) is 0 Å². The highest BCUT2D eigenvalue weighted by Gasteiger charge is 2.33. The molecule has 4 nitrogen and oxygen atoms in total. The Morgan fingerprint density at radius 2 is 1.46 bits per heavy atom. The normalized spacial score (nSPS) is 17.1. The number of hydrogen-bond donors (Lipinski definition) is 1. The molecule has 0 spiro atoms. The average Bonchev–Trinajstić information content (AvgIpc) is 2.64. The van der Waals surface area contributed by atoms with E-state index < -0.39 is 0 Å². The Hall–Kier alpha value is -1.84. The number of amides is 2. The maximum atomic E-state index is 12.9. The lowest BCUT2D eigenvalue weighted by atomic mass is 9.89. The molecule has 1 heterocycles. The molecule has 1 aromatic rings. The first-order valence-corrected chi connectivity index (χ1v) is 10.7. The number of benzene rings is 1. The molecular weight excluding hydrogens is 348 g/mol. The van der Waals surface area contributed by atoms with E-state index in [2.05, 4.69) is 57.3 Å². The van der Waals surface area contributed by atoms with Crippen LogP contribution in [0.25, 0.3) is 0 Å². The van der Waals surface area contributed by atoms with Gasteiger partial charge in [0.25, 0.3) is 0 Å². The van der Waals surface area contributed by atoms with Gasteiger partial charge in [0.15, 0.2) is 0 Å². The quantitative estimate of drug-likeness (QED) is 0.782. The lowest BCUT2D eigenvalue weighted by Gasteiger charge is -2.36. The van der Waals surface area contributed by atoms with Crippen molar-refractivity contribution in [2.75, 3.05) is 13.1 Å². The van der Waals surface area contributed by atoms with Crippen LogP contribution in [-0.4, -0.2) is 29.8 Å². The minimum Gasteiger partial charge on any atom is -0.349 e. The Morgan fingerprint density at radius 1 is 0.964 bits per heavy atom. The molecule has 1 unspecified atom stereocenters. The van der Waals surface area contributed by atoms with Crippen LogP contribution in [0.4, 0.5) is 0 Å². The van der Waals surface area contributed by atoms with Crippen LogP contribution in [0, 0.1) is 17.3 Å². The first-order chi connectivity index (χ1) is 13.0. The van der Waals surface area contributed by atoms with Gasteiger partial charge < -0.3 is 10.2 Å². The molecule has 1 aromatic carbocycles.